The molecule has 2 rings (SSSR count). The molecule has 2 heterocycles. The lowest BCUT2D eigenvalue weighted by atomic mass is 10.1. The van der Waals surface area contributed by atoms with Gasteiger partial charge in [-0.3, -0.25) is 4.90 Å². The van der Waals surface area contributed by atoms with Gasteiger partial charge in [-0.05, 0) is 18.7 Å². The first-order valence-electron chi connectivity index (χ1n) is 4.60. The molecule has 1 aromatic rings. The van der Waals surface area contributed by atoms with Gasteiger partial charge in [0.05, 0.1) is 12.8 Å². The quantitative estimate of drug-likeness (QED) is 0.776. The summed E-state index contributed by atoms with van der Waals surface area (Å²) in [6.45, 7) is 1.48. The molecule has 0 unspecified atom stereocenters. The molecule has 1 N–H and O–H groups in total. The fourth-order valence-electron chi connectivity index (χ4n) is 1.76. The highest BCUT2D eigenvalue weighted by Gasteiger charge is 2.22. The molecule has 1 aromatic heterocycles. The summed E-state index contributed by atoms with van der Waals surface area (Å²) in [5.41, 5.74) is 2.00. The van der Waals surface area contributed by atoms with Crippen LogP contribution >= 0.6 is 0 Å². The van der Waals surface area contributed by atoms with Crippen LogP contribution in [0.25, 0.3) is 0 Å². The van der Waals surface area contributed by atoms with Crippen molar-refractivity contribution >= 4 is 5.97 Å². The number of aromatic nitrogens is 1. The zero-order chi connectivity index (χ0) is 11.0. The number of hydrogen-bond acceptors (Lipinski definition) is 4. The molecular formula is C10H12N2O3. The van der Waals surface area contributed by atoms with Gasteiger partial charge in [0.2, 0.25) is 5.88 Å². The average molecular weight is 208 g/mol. The maximum atomic E-state index is 10.9. The van der Waals surface area contributed by atoms with Gasteiger partial charge in [-0.1, -0.05) is 0 Å². The van der Waals surface area contributed by atoms with Gasteiger partial charge in [0.1, 0.15) is 5.56 Å². The molecule has 15 heavy (non-hydrogen) atoms. The Bertz CT molecular complexity index is 417. The summed E-state index contributed by atoms with van der Waals surface area (Å²) in [6.07, 6.45) is 0. The van der Waals surface area contributed by atoms with Crippen molar-refractivity contribution in [3.05, 3.63) is 22.9 Å². The van der Waals surface area contributed by atoms with Crippen LogP contribution in [0.3, 0.4) is 0 Å². The van der Waals surface area contributed by atoms with Crippen LogP contribution in [0.4, 0.5) is 0 Å². The van der Waals surface area contributed by atoms with Gasteiger partial charge >= 0.3 is 5.97 Å². The monoisotopic (exact) mass is 208 g/mol. The standard InChI is InChI=1S/C10H12N2O3/c1-12-4-6-3-7(10(13)14)9(15-2)11-8(6)5-12/h3H,4-5H2,1-2H3,(H,13,14). The number of fused-ring (bicyclic) bond motifs is 1. The Morgan fingerprint density at radius 3 is 2.93 bits per heavy atom. The maximum Gasteiger partial charge on any atom is 0.341 e. The number of carbonyl (C=O) groups is 1. The molecule has 0 atom stereocenters. The lowest BCUT2D eigenvalue weighted by Gasteiger charge is -2.05. The number of pyridine rings is 1. The molecular weight excluding hydrogens is 196 g/mol. The second-order valence-corrected chi connectivity index (χ2v) is 3.63. The lowest BCUT2D eigenvalue weighted by Crippen LogP contribution is -2.07. The molecule has 5 nitrogen and oxygen atoms in total. The van der Waals surface area contributed by atoms with Gasteiger partial charge in [0.15, 0.2) is 0 Å². The summed E-state index contributed by atoms with van der Waals surface area (Å²) < 4.78 is 4.96. The first-order chi connectivity index (χ1) is 7.11. The Kier molecular flexibility index (Phi) is 2.32. The first kappa shape index (κ1) is 9.92. The van der Waals surface area contributed by atoms with Crippen LogP contribution in [-0.2, 0) is 13.1 Å². The Morgan fingerprint density at radius 2 is 2.33 bits per heavy atom. The van der Waals surface area contributed by atoms with Gasteiger partial charge in [0.25, 0.3) is 0 Å². The van der Waals surface area contributed by atoms with E-state index < -0.39 is 5.97 Å². The first-order valence-corrected chi connectivity index (χ1v) is 4.60. The molecule has 5 heteroatoms. The van der Waals surface area contributed by atoms with E-state index in [1.165, 1.54) is 7.11 Å². The smallest absolute Gasteiger partial charge is 0.341 e. The van der Waals surface area contributed by atoms with Crippen LogP contribution in [-0.4, -0.2) is 35.1 Å². The lowest BCUT2D eigenvalue weighted by molar-refractivity contribution is 0.0692. The third kappa shape index (κ3) is 1.66. The van der Waals surface area contributed by atoms with Crippen LogP contribution in [0.15, 0.2) is 6.07 Å². The van der Waals surface area contributed by atoms with Gasteiger partial charge in [-0.2, -0.15) is 0 Å². The zero-order valence-corrected chi connectivity index (χ0v) is 8.65. The normalized spacial score (nSPS) is 15.1. The predicted octanol–water partition coefficient (Wildman–Crippen LogP) is 0.734. The van der Waals surface area contributed by atoms with Gasteiger partial charge < -0.3 is 9.84 Å². The van der Waals surface area contributed by atoms with Crippen molar-refractivity contribution in [3.63, 3.8) is 0 Å². The fraction of sp³-hybridized carbons (Fsp3) is 0.400. The molecule has 0 fully saturated rings. The molecule has 0 spiro atoms. The highest BCUT2D eigenvalue weighted by molar-refractivity contribution is 5.90. The molecule has 80 valence electrons. The maximum absolute atomic E-state index is 10.9. The summed E-state index contributed by atoms with van der Waals surface area (Å²) in [4.78, 5) is 17.2. The summed E-state index contributed by atoms with van der Waals surface area (Å²) >= 11 is 0. The van der Waals surface area contributed by atoms with E-state index in [1.54, 1.807) is 6.07 Å². The minimum atomic E-state index is -1.00. The minimum Gasteiger partial charge on any atom is -0.480 e. The van der Waals surface area contributed by atoms with E-state index in [0.29, 0.717) is 0 Å². The number of hydrogen-bond donors (Lipinski definition) is 1. The van der Waals surface area contributed by atoms with E-state index in [0.717, 1.165) is 24.3 Å². The third-order valence-corrected chi connectivity index (χ3v) is 2.44. The summed E-state index contributed by atoms with van der Waals surface area (Å²) in [6, 6.07) is 1.65. The number of rotatable bonds is 2. The van der Waals surface area contributed by atoms with Crippen molar-refractivity contribution in [1.29, 1.82) is 0 Å². The molecule has 1 aliphatic rings. The molecule has 0 saturated heterocycles. The topological polar surface area (TPSA) is 62.7 Å². The molecule has 0 saturated carbocycles. The number of aromatic carboxylic acids is 1. The van der Waals surface area contributed by atoms with Crippen molar-refractivity contribution in [1.82, 2.24) is 9.88 Å². The van der Waals surface area contributed by atoms with Crippen LogP contribution in [0, 0.1) is 0 Å². The van der Waals surface area contributed by atoms with E-state index in [4.69, 9.17) is 9.84 Å². The minimum absolute atomic E-state index is 0.131. The second-order valence-electron chi connectivity index (χ2n) is 3.63. The van der Waals surface area contributed by atoms with Crippen LogP contribution in [0.5, 0.6) is 5.88 Å². The van der Waals surface area contributed by atoms with Crippen molar-refractivity contribution in [3.8, 4) is 5.88 Å². The molecule has 0 amide bonds. The number of nitrogens with zero attached hydrogens (tertiary/aromatic N) is 2. The van der Waals surface area contributed by atoms with E-state index in [9.17, 15) is 4.79 Å². The van der Waals surface area contributed by atoms with Crippen molar-refractivity contribution in [2.24, 2.45) is 0 Å². The fourth-order valence-corrected chi connectivity index (χ4v) is 1.76. The highest BCUT2D eigenvalue weighted by Crippen LogP contribution is 2.25. The summed E-state index contributed by atoms with van der Waals surface area (Å²) in [5.74, 6) is -0.812. The molecule has 0 aromatic carbocycles. The number of carboxylic acids is 1. The van der Waals surface area contributed by atoms with Gasteiger partial charge in [0, 0.05) is 13.1 Å². The van der Waals surface area contributed by atoms with Crippen molar-refractivity contribution < 1.29 is 14.6 Å². The Labute approximate surface area is 87.3 Å². The molecule has 0 aliphatic carbocycles. The zero-order valence-electron chi connectivity index (χ0n) is 8.65. The van der Waals surface area contributed by atoms with Crippen LogP contribution < -0.4 is 4.74 Å². The van der Waals surface area contributed by atoms with Crippen molar-refractivity contribution in [2.45, 2.75) is 13.1 Å². The Balaban J connectivity index is 2.50. The third-order valence-electron chi connectivity index (χ3n) is 2.44. The van der Waals surface area contributed by atoms with E-state index in [2.05, 4.69) is 9.88 Å². The number of carboxylic acid groups (broad SMARTS) is 1. The summed E-state index contributed by atoms with van der Waals surface area (Å²) in [7, 11) is 3.40. The van der Waals surface area contributed by atoms with E-state index >= 15 is 0 Å². The van der Waals surface area contributed by atoms with Crippen LogP contribution in [0.1, 0.15) is 21.6 Å². The number of methoxy groups -OCH3 is 1. The Hall–Kier alpha value is -1.62. The highest BCUT2D eigenvalue weighted by atomic mass is 16.5. The van der Waals surface area contributed by atoms with E-state index in [-0.39, 0.29) is 11.4 Å². The second kappa shape index (κ2) is 3.51. The van der Waals surface area contributed by atoms with Crippen molar-refractivity contribution in [2.75, 3.05) is 14.2 Å². The van der Waals surface area contributed by atoms with Gasteiger partial charge in [-0.15, -0.1) is 0 Å². The molecule has 1 aliphatic heterocycles. The SMILES string of the molecule is COc1nc2c(cc1C(=O)O)CN(C)C2. The Morgan fingerprint density at radius 1 is 1.60 bits per heavy atom. The summed E-state index contributed by atoms with van der Waals surface area (Å²) in [5, 5.41) is 8.96. The largest absolute Gasteiger partial charge is 0.480 e. The predicted molar refractivity (Wildman–Crippen MR) is 52.9 cm³/mol. The molecule has 0 radical (unpaired) electrons. The van der Waals surface area contributed by atoms with Crippen LogP contribution in [0.2, 0.25) is 0 Å². The van der Waals surface area contributed by atoms with E-state index in [1.807, 2.05) is 7.05 Å². The number of ether oxygens (including phenoxy) is 1. The average Bonchev–Trinajstić information content (AvgIpc) is 2.54. The van der Waals surface area contributed by atoms with Gasteiger partial charge in [-0.25, -0.2) is 9.78 Å². The molecule has 0 bridgehead atoms.